The summed E-state index contributed by atoms with van der Waals surface area (Å²) in [5.41, 5.74) is 0.527. The summed E-state index contributed by atoms with van der Waals surface area (Å²) in [5, 5.41) is 2.93. The van der Waals surface area contributed by atoms with Crippen LogP contribution >= 0.6 is 11.3 Å². The Morgan fingerprint density at radius 1 is 1.17 bits per heavy atom. The van der Waals surface area contributed by atoms with Crippen LogP contribution in [0.4, 0.5) is 5.00 Å². The van der Waals surface area contributed by atoms with Gasteiger partial charge in [0, 0.05) is 6.54 Å². The molecule has 1 saturated heterocycles. The monoisotopic (exact) mass is 426 g/mol. The van der Waals surface area contributed by atoms with E-state index in [1.54, 1.807) is 13.8 Å². The van der Waals surface area contributed by atoms with Gasteiger partial charge in [0.05, 0.1) is 38.9 Å². The minimum absolute atomic E-state index is 0.0566. The molecule has 1 aliphatic heterocycles. The third-order valence-corrected chi connectivity index (χ3v) is 5.84. The number of thiophene rings is 1. The van der Waals surface area contributed by atoms with Crippen LogP contribution in [0.5, 0.6) is 0 Å². The molecule has 2 heterocycles. The molecule has 0 aromatic carbocycles. The topological polar surface area (TPSA) is 111 Å². The zero-order chi connectivity index (χ0) is 21.6. The molecule has 1 amide bonds. The second-order valence-corrected chi connectivity index (χ2v) is 7.64. The van der Waals surface area contributed by atoms with E-state index in [-0.39, 0.29) is 39.8 Å². The summed E-state index contributed by atoms with van der Waals surface area (Å²) >= 11 is 0.965. The number of likely N-dealkylation sites (tertiary alicyclic amines) is 1. The quantitative estimate of drug-likeness (QED) is 0.519. The lowest BCUT2D eigenvalue weighted by atomic mass is 9.98. The van der Waals surface area contributed by atoms with Crippen molar-refractivity contribution in [1.29, 1.82) is 0 Å². The van der Waals surface area contributed by atoms with Crippen molar-refractivity contribution >= 4 is 40.2 Å². The zero-order valence-corrected chi connectivity index (χ0v) is 17.8. The number of hydrogen-bond acceptors (Lipinski definition) is 9. The van der Waals surface area contributed by atoms with E-state index < -0.39 is 11.9 Å². The van der Waals surface area contributed by atoms with Gasteiger partial charge in [0.2, 0.25) is 5.91 Å². The Balaban J connectivity index is 2.11. The van der Waals surface area contributed by atoms with Crippen LogP contribution in [0.25, 0.3) is 0 Å². The molecule has 0 radical (unpaired) electrons. The number of carbonyl (C=O) groups excluding carboxylic acids is 4. The predicted molar refractivity (Wildman–Crippen MR) is 106 cm³/mol. The van der Waals surface area contributed by atoms with Gasteiger partial charge in [0.15, 0.2) is 0 Å². The minimum atomic E-state index is -0.649. The van der Waals surface area contributed by atoms with Gasteiger partial charge in [0.25, 0.3) is 0 Å². The number of amides is 1. The first-order valence-corrected chi connectivity index (χ1v) is 10.1. The van der Waals surface area contributed by atoms with Crippen molar-refractivity contribution < 1.29 is 33.4 Å². The minimum Gasteiger partial charge on any atom is -0.466 e. The largest absolute Gasteiger partial charge is 0.466 e. The maximum absolute atomic E-state index is 12.6. The summed E-state index contributed by atoms with van der Waals surface area (Å²) in [6, 6.07) is 0. The molecular formula is C19H26N2O7S. The van der Waals surface area contributed by atoms with E-state index in [0.717, 1.165) is 24.2 Å². The first-order valence-electron chi connectivity index (χ1n) is 9.31. The van der Waals surface area contributed by atoms with Crippen LogP contribution in [-0.2, 0) is 23.8 Å². The van der Waals surface area contributed by atoms with Gasteiger partial charge in [-0.2, -0.15) is 0 Å². The van der Waals surface area contributed by atoms with Crippen LogP contribution in [0.3, 0.4) is 0 Å². The third-order valence-electron chi connectivity index (χ3n) is 4.65. The van der Waals surface area contributed by atoms with Crippen LogP contribution < -0.4 is 5.32 Å². The number of nitrogens with one attached hydrogen (secondary N) is 1. The molecule has 1 aromatic heterocycles. The fourth-order valence-corrected chi connectivity index (χ4v) is 4.39. The molecule has 2 rings (SSSR count). The molecule has 1 N–H and O–H groups in total. The molecule has 160 valence electrons. The molecule has 0 spiro atoms. The van der Waals surface area contributed by atoms with Crippen molar-refractivity contribution in [2.24, 2.45) is 5.92 Å². The van der Waals surface area contributed by atoms with Crippen molar-refractivity contribution in [3.63, 3.8) is 0 Å². The zero-order valence-electron chi connectivity index (χ0n) is 17.0. The summed E-state index contributed by atoms with van der Waals surface area (Å²) in [5.74, 6) is -2.09. The van der Waals surface area contributed by atoms with Gasteiger partial charge < -0.3 is 19.5 Å². The lowest BCUT2D eigenvalue weighted by Gasteiger charge is -2.30. The van der Waals surface area contributed by atoms with Gasteiger partial charge in [-0.05, 0) is 38.8 Å². The summed E-state index contributed by atoms with van der Waals surface area (Å²) < 4.78 is 14.6. The summed E-state index contributed by atoms with van der Waals surface area (Å²) in [7, 11) is 2.47. The van der Waals surface area contributed by atoms with Crippen LogP contribution in [0.2, 0.25) is 0 Å². The average Bonchev–Trinajstić information content (AvgIpc) is 3.02. The van der Waals surface area contributed by atoms with Crippen molar-refractivity contribution in [3.05, 3.63) is 16.0 Å². The number of nitrogens with zero attached hydrogens (tertiary/aromatic N) is 1. The van der Waals surface area contributed by atoms with E-state index in [9.17, 15) is 19.2 Å². The Hall–Kier alpha value is -2.46. The Morgan fingerprint density at radius 2 is 1.86 bits per heavy atom. The second-order valence-electron chi connectivity index (χ2n) is 6.62. The number of methoxy groups -OCH3 is 2. The van der Waals surface area contributed by atoms with Crippen LogP contribution in [0.15, 0.2) is 0 Å². The molecule has 1 aliphatic rings. The molecule has 10 heteroatoms. The summed E-state index contributed by atoms with van der Waals surface area (Å²) in [6.45, 7) is 4.86. The maximum Gasteiger partial charge on any atom is 0.348 e. The van der Waals surface area contributed by atoms with E-state index >= 15 is 0 Å². The van der Waals surface area contributed by atoms with Crippen LogP contribution in [0, 0.1) is 12.8 Å². The number of rotatable bonds is 7. The van der Waals surface area contributed by atoms with E-state index in [2.05, 4.69) is 5.32 Å². The first kappa shape index (κ1) is 22.8. The van der Waals surface area contributed by atoms with Gasteiger partial charge in [0.1, 0.15) is 9.88 Å². The number of hydrogen-bond donors (Lipinski definition) is 1. The molecule has 0 saturated carbocycles. The standard InChI is InChI=1S/C19H26N2O7S/c1-5-28-17(23)12-7-6-8-21(9-12)10-13(22)20-16-14(18(24)26-3)11(2)15(29-16)19(25)27-4/h12H,5-10H2,1-4H3,(H,20,22). The highest BCUT2D eigenvalue weighted by atomic mass is 32.1. The lowest BCUT2D eigenvalue weighted by molar-refractivity contribution is -0.150. The number of carbonyl (C=O) groups is 4. The van der Waals surface area contributed by atoms with Crippen LogP contribution in [0.1, 0.15) is 45.4 Å². The fraction of sp³-hybridized carbons (Fsp3) is 0.579. The number of anilines is 1. The number of esters is 3. The van der Waals surface area contributed by atoms with Crippen LogP contribution in [-0.4, -0.2) is 69.2 Å². The second kappa shape index (κ2) is 10.4. The lowest BCUT2D eigenvalue weighted by Crippen LogP contribution is -2.43. The van der Waals surface area contributed by atoms with Crippen molar-refractivity contribution in [3.8, 4) is 0 Å². The van der Waals surface area contributed by atoms with Gasteiger partial charge in [-0.3, -0.25) is 14.5 Å². The average molecular weight is 426 g/mol. The smallest absolute Gasteiger partial charge is 0.348 e. The van der Waals surface area contributed by atoms with Gasteiger partial charge in [-0.25, -0.2) is 9.59 Å². The number of piperidine rings is 1. The highest BCUT2D eigenvalue weighted by Gasteiger charge is 2.30. The van der Waals surface area contributed by atoms with E-state index in [1.807, 2.05) is 4.90 Å². The molecule has 1 fully saturated rings. The molecule has 1 aromatic rings. The van der Waals surface area contributed by atoms with E-state index in [1.165, 1.54) is 14.2 Å². The Labute approximate surface area is 173 Å². The maximum atomic E-state index is 12.6. The Bertz CT molecular complexity index is 790. The summed E-state index contributed by atoms with van der Waals surface area (Å²) in [4.78, 5) is 50.7. The van der Waals surface area contributed by atoms with Crippen molar-refractivity contribution in [1.82, 2.24) is 4.90 Å². The third kappa shape index (κ3) is 5.54. The first-order chi connectivity index (χ1) is 13.8. The Kier molecular flexibility index (Phi) is 8.15. The van der Waals surface area contributed by atoms with E-state index in [0.29, 0.717) is 25.3 Å². The van der Waals surface area contributed by atoms with Crippen molar-refractivity contribution in [2.75, 3.05) is 45.8 Å². The normalized spacial score (nSPS) is 16.8. The molecular weight excluding hydrogens is 400 g/mol. The van der Waals surface area contributed by atoms with E-state index in [4.69, 9.17) is 14.2 Å². The Morgan fingerprint density at radius 3 is 2.48 bits per heavy atom. The molecule has 0 aliphatic carbocycles. The van der Waals surface area contributed by atoms with Crippen molar-refractivity contribution in [2.45, 2.75) is 26.7 Å². The fourth-order valence-electron chi connectivity index (χ4n) is 3.26. The predicted octanol–water partition coefficient (Wildman–Crippen LogP) is 1.84. The highest BCUT2D eigenvalue weighted by Crippen LogP contribution is 2.34. The SMILES string of the molecule is CCOC(=O)C1CCCN(CC(=O)Nc2sc(C(=O)OC)c(C)c2C(=O)OC)C1. The molecule has 1 atom stereocenters. The molecule has 9 nitrogen and oxygen atoms in total. The highest BCUT2D eigenvalue weighted by molar-refractivity contribution is 7.18. The molecule has 1 unspecified atom stereocenters. The van der Waals surface area contributed by atoms with Gasteiger partial charge >= 0.3 is 17.9 Å². The molecule has 0 bridgehead atoms. The molecule has 29 heavy (non-hydrogen) atoms. The number of ether oxygens (including phenoxy) is 3. The van der Waals surface area contributed by atoms with Gasteiger partial charge in [-0.1, -0.05) is 0 Å². The van der Waals surface area contributed by atoms with Gasteiger partial charge in [-0.15, -0.1) is 11.3 Å². The summed E-state index contributed by atoms with van der Waals surface area (Å²) in [6.07, 6.45) is 1.52.